The summed E-state index contributed by atoms with van der Waals surface area (Å²) in [5.74, 6) is 2.15. The maximum Gasteiger partial charge on any atom is 0.246 e. The van der Waals surface area contributed by atoms with Gasteiger partial charge in [-0.1, -0.05) is 40.9 Å². The van der Waals surface area contributed by atoms with E-state index < -0.39 is 0 Å². The molecule has 5 rings (SSSR count). The molecule has 1 atom stereocenters. The summed E-state index contributed by atoms with van der Waals surface area (Å²) in [6.07, 6.45) is 5.31. The van der Waals surface area contributed by atoms with Crippen molar-refractivity contribution in [1.82, 2.24) is 24.3 Å². The molecule has 0 fully saturated rings. The van der Waals surface area contributed by atoms with Crippen LogP contribution in [-0.4, -0.2) is 31.4 Å². The number of fused-ring (bicyclic) bond motifs is 1. The van der Waals surface area contributed by atoms with E-state index in [9.17, 15) is 0 Å². The summed E-state index contributed by atoms with van der Waals surface area (Å²) in [6, 6.07) is 11.3. The first-order valence-corrected chi connectivity index (χ1v) is 11.2. The normalized spacial score (nSPS) is 15.4. The van der Waals surface area contributed by atoms with Gasteiger partial charge in [-0.3, -0.25) is 0 Å². The number of hydrogen-bond donors (Lipinski definition) is 1. The van der Waals surface area contributed by atoms with Crippen molar-refractivity contribution in [2.24, 2.45) is 0 Å². The standard InChI is InChI=1S/C22H19Cl3N6O/c1-32-19-10-14(5-7-18(19)30-11-20(25)26-12-30)27-22-28-21-16(3-2-8-31(21)29-22)15-6-4-13(23)9-17(15)24/h4-7,9-12,16H,2-3,8H2,1H3,(H,27,29). The molecule has 2 aromatic heterocycles. The van der Waals surface area contributed by atoms with Gasteiger partial charge in [-0.25, -0.2) is 9.67 Å². The van der Waals surface area contributed by atoms with Gasteiger partial charge in [-0.15, -0.1) is 5.10 Å². The lowest BCUT2D eigenvalue weighted by atomic mass is 9.91. The average Bonchev–Trinajstić information content (AvgIpc) is 3.39. The quantitative estimate of drug-likeness (QED) is 0.367. The van der Waals surface area contributed by atoms with Gasteiger partial charge in [0.1, 0.15) is 23.1 Å². The largest absolute Gasteiger partial charge is 0.494 e. The van der Waals surface area contributed by atoms with Gasteiger partial charge in [-0.05, 0) is 42.7 Å². The topological polar surface area (TPSA) is 69.8 Å². The molecule has 0 amide bonds. The van der Waals surface area contributed by atoms with Crippen molar-refractivity contribution in [3.63, 3.8) is 0 Å². The number of imidazole rings is 1. The molecule has 0 bridgehead atoms. The lowest BCUT2D eigenvalue weighted by Crippen LogP contribution is -2.18. The molecule has 32 heavy (non-hydrogen) atoms. The molecular formula is C22H19Cl3N6O. The van der Waals surface area contributed by atoms with Gasteiger partial charge < -0.3 is 14.6 Å². The number of aryl methyl sites for hydroxylation is 1. The van der Waals surface area contributed by atoms with Crippen LogP contribution in [0.5, 0.6) is 5.75 Å². The van der Waals surface area contributed by atoms with Crippen LogP contribution < -0.4 is 10.1 Å². The fourth-order valence-electron chi connectivity index (χ4n) is 4.01. The number of anilines is 2. The molecule has 0 saturated heterocycles. The van der Waals surface area contributed by atoms with Crippen LogP contribution >= 0.6 is 34.8 Å². The SMILES string of the molecule is COc1cc(Nc2nc3n(n2)CCCC3c2ccc(Cl)cc2Cl)ccc1-n1cnc(Cl)c1. The second-order valence-corrected chi connectivity index (χ2v) is 8.72. The molecule has 0 saturated carbocycles. The minimum absolute atomic E-state index is 0.0690. The molecule has 1 N–H and O–H groups in total. The van der Waals surface area contributed by atoms with Crippen molar-refractivity contribution in [2.45, 2.75) is 25.3 Å². The maximum absolute atomic E-state index is 6.48. The molecule has 0 radical (unpaired) electrons. The number of aromatic nitrogens is 5. The molecule has 7 nitrogen and oxygen atoms in total. The summed E-state index contributed by atoms with van der Waals surface area (Å²) >= 11 is 18.5. The third kappa shape index (κ3) is 4.03. The number of ether oxygens (including phenoxy) is 1. The third-order valence-corrected chi connectivity index (χ3v) is 6.24. The molecule has 1 unspecified atom stereocenters. The number of hydrogen-bond acceptors (Lipinski definition) is 5. The van der Waals surface area contributed by atoms with Gasteiger partial charge in [0.15, 0.2) is 0 Å². The highest BCUT2D eigenvalue weighted by molar-refractivity contribution is 6.35. The van der Waals surface area contributed by atoms with Crippen LogP contribution in [-0.2, 0) is 6.54 Å². The van der Waals surface area contributed by atoms with Crippen molar-refractivity contribution in [1.29, 1.82) is 0 Å². The van der Waals surface area contributed by atoms with Crippen LogP contribution in [0.2, 0.25) is 15.2 Å². The van der Waals surface area contributed by atoms with E-state index in [0.717, 1.165) is 42.1 Å². The van der Waals surface area contributed by atoms with E-state index in [4.69, 9.17) is 44.5 Å². The van der Waals surface area contributed by atoms with E-state index in [1.165, 1.54) is 0 Å². The Morgan fingerprint density at radius 2 is 2.00 bits per heavy atom. The Morgan fingerprint density at radius 1 is 1.12 bits per heavy atom. The predicted molar refractivity (Wildman–Crippen MR) is 126 cm³/mol. The fourth-order valence-corrected chi connectivity index (χ4v) is 4.70. The van der Waals surface area contributed by atoms with E-state index in [1.54, 1.807) is 30.3 Å². The summed E-state index contributed by atoms with van der Waals surface area (Å²) in [5.41, 5.74) is 2.65. The minimum Gasteiger partial charge on any atom is -0.494 e. The summed E-state index contributed by atoms with van der Waals surface area (Å²) in [6.45, 7) is 0.815. The van der Waals surface area contributed by atoms with E-state index in [1.807, 2.05) is 35.0 Å². The van der Waals surface area contributed by atoms with Crippen LogP contribution in [0, 0.1) is 0 Å². The summed E-state index contributed by atoms with van der Waals surface area (Å²) in [7, 11) is 1.62. The number of halogens is 3. The van der Waals surface area contributed by atoms with Crippen molar-refractivity contribution in [3.05, 3.63) is 75.5 Å². The van der Waals surface area contributed by atoms with Crippen molar-refractivity contribution in [3.8, 4) is 11.4 Å². The van der Waals surface area contributed by atoms with Gasteiger partial charge in [-0.2, -0.15) is 4.98 Å². The van der Waals surface area contributed by atoms with Crippen molar-refractivity contribution in [2.75, 3.05) is 12.4 Å². The molecule has 0 spiro atoms. The Hall–Kier alpha value is -2.74. The molecule has 1 aliphatic rings. The van der Waals surface area contributed by atoms with Crippen LogP contribution in [0.15, 0.2) is 48.9 Å². The first-order chi connectivity index (χ1) is 15.5. The van der Waals surface area contributed by atoms with Crippen LogP contribution in [0.4, 0.5) is 11.6 Å². The number of nitrogens with one attached hydrogen (secondary N) is 1. The van der Waals surface area contributed by atoms with Crippen molar-refractivity contribution >= 4 is 46.4 Å². The molecular weight excluding hydrogens is 471 g/mol. The Kier molecular flexibility index (Phi) is 5.71. The Morgan fingerprint density at radius 3 is 2.75 bits per heavy atom. The van der Waals surface area contributed by atoms with Gasteiger partial charge in [0.25, 0.3) is 0 Å². The molecule has 1 aliphatic heterocycles. The highest BCUT2D eigenvalue weighted by atomic mass is 35.5. The fraction of sp³-hybridized carbons (Fsp3) is 0.227. The van der Waals surface area contributed by atoms with Gasteiger partial charge in [0, 0.05) is 40.5 Å². The number of rotatable bonds is 5. The second-order valence-electron chi connectivity index (χ2n) is 7.49. The lowest BCUT2D eigenvalue weighted by molar-refractivity contribution is 0.413. The molecule has 0 aliphatic carbocycles. The molecule has 10 heteroatoms. The van der Waals surface area contributed by atoms with E-state index >= 15 is 0 Å². The zero-order chi connectivity index (χ0) is 22.2. The number of methoxy groups -OCH3 is 1. The molecule has 164 valence electrons. The van der Waals surface area contributed by atoms with Crippen LogP contribution in [0.1, 0.15) is 30.1 Å². The molecule has 4 aromatic rings. The summed E-state index contributed by atoms with van der Waals surface area (Å²) in [5, 5.41) is 9.63. The monoisotopic (exact) mass is 488 g/mol. The molecule has 2 aromatic carbocycles. The maximum atomic E-state index is 6.48. The van der Waals surface area contributed by atoms with E-state index in [-0.39, 0.29) is 5.92 Å². The first kappa shape index (κ1) is 21.1. The van der Waals surface area contributed by atoms with Crippen LogP contribution in [0.25, 0.3) is 5.69 Å². The highest BCUT2D eigenvalue weighted by Crippen LogP contribution is 2.37. The minimum atomic E-state index is 0.0690. The zero-order valence-electron chi connectivity index (χ0n) is 17.1. The van der Waals surface area contributed by atoms with Gasteiger partial charge in [0.05, 0.1) is 12.8 Å². The number of nitrogens with zero attached hydrogens (tertiary/aromatic N) is 5. The van der Waals surface area contributed by atoms with Crippen LogP contribution in [0.3, 0.4) is 0 Å². The third-order valence-electron chi connectivity index (χ3n) is 5.48. The van der Waals surface area contributed by atoms with Crippen molar-refractivity contribution < 1.29 is 4.74 Å². The van der Waals surface area contributed by atoms with E-state index in [0.29, 0.717) is 26.9 Å². The highest BCUT2D eigenvalue weighted by Gasteiger charge is 2.27. The number of benzene rings is 2. The molecule has 3 heterocycles. The predicted octanol–water partition coefficient (Wildman–Crippen LogP) is 6.10. The first-order valence-electron chi connectivity index (χ1n) is 10.1. The summed E-state index contributed by atoms with van der Waals surface area (Å²) < 4.78 is 9.31. The Labute approximate surface area is 199 Å². The smallest absolute Gasteiger partial charge is 0.246 e. The average molecular weight is 490 g/mol. The Bertz CT molecular complexity index is 1280. The van der Waals surface area contributed by atoms with Gasteiger partial charge >= 0.3 is 0 Å². The summed E-state index contributed by atoms with van der Waals surface area (Å²) in [4.78, 5) is 8.84. The van der Waals surface area contributed by atoms with Gasteiger partial charge in [0.2, 0.25) is 5.95 Å². The van der Waals surface area contributed by atoms with E-state index in [2.05, 4.69) is 15.4 Å². The Balaban J connectivity index is 1.43. The zero-order valence-corrected chi connectivity index (χ0v) is 19.4. The second kappa shape index (κ2) is 8.65. The lowest BCUT2D eigenvalue weighted by Gasteiger charge is -2.23.